The van der Waals surface area contributed by atoms with Gasteiger partial charge >= 0.3 is 0 Å². The number of amides is 1. The molecule has 1 aliphatic rings. The molecule has 1 aromatic heterocycles. The van der Waals surface area contributed by atoms with E-state index >= 15 is 0 Å². The highest BCUT2D eigenvalue weighted by atomic mass is 19.1. The Morgan fingerprint density at radius 2 is 1.93 bits per heavy atom. The van der Waals surface area contributed by atoms with Crippen LogP contribution in [0.2, 0.25) is 0 Å². The smallest absolute Gasteiger partial charge is 0.220 e. The minimum Gasteiger partial charge on any atom is -0.441 e. The fourth-order valence-corrected chi connectivity index (χ4v) is 3.33. The molecule has 1 fully saturated rings. The molecule has 1 aliphatic carbocycles. The van der Waals surface area contributed by atoms with Crippen LogP contribution in [0.25, 0.3) is 11.3 Å². The molecule has 144 valence electrons. The first-order valence-corrected chi connectivity index (χ1v) is 9.28. The number of oxazole rings is 1. The predicted octanol–water partition coefficient (Wildman–Crippen LogP) is 4.40. The molecule has 28 heavy (non-hydrogen) atoms. The first-order valence-electron chi connectivity index (χ1n) is 9.28. The van der Waals surface area contributed by atoms with Crippen LogP contribution in [0.3, 0.4) is 0 Å². The van der Waals surface area contributed by atoms with Crippen LogP contribution >= 0.6 is 0 Å². The highest BCUT2D eigenvalue weighted by Gasteiger charge is 2.44. The summed E-state index contributed by atoms with van der Waals surface area (Å²) < 4.78 is 32.4. The Kier molecular flexibility index (Phi) is 4.94. The van der Waals surface area contributed by atoms with Gasteiger partial charge in [-0.3, -0.25) is 4.79 Å². The van der Waals surface area contributed by atoms with Gasteiger partial charge in [0.2, 0.25) is 5.91 Å². The van der Waals surface area contributed by atoms with Crippen LogP contribution in [-0.4, -0.2) is 17.4 Å². The molecule has 0 aliphatic heterocycles. The number of aromatic nitrogens is 1. The number of rotatable bonds is 7. The van der Waals surface area contributed by atoms with E-state index in [1.807, 2.05) is 18.2 Å². The van der Waals surface area contributed by atoms with Crippen molar-refractivity contribution in [3.05, 3.63) is 77.8 Å². The zero-order valence-corrected chi connectivity index (χ0v) is 15.3. The van der Waals surface area contributed by atoms with Gasteiger partial charge in [-0.25, -0.2) is 13.8 Å². The summed E-state index contributed by atoms with van der Waals surface area (Å²) in [6.07, 6.45) is 4.08. The van der Waals surface area contributed by atoms with Crippen LogP contribution in [0, 0.1) is 11.6 Å². The van der Waals surface area contributed by atoms with Crippen molar-refractivity contribution in [2.45, 2.75) is 31.1 Å². The molecule has 2 aromatic carbocycles. The quantitative estimate of drug-likeness (QED) is 0.659. The number of benzene rings is 2. The molecule has 1 heterocycles. The first-order chi connectivity index (χ1) is 13.6. The molecule has 0 spiro atoms. The molecule has 0 saturated heterocycles. The molecule has 6 heteroatoms. The van der Waals surface area contributed by atoms with Crippen molar-refractivity contribution in [2.75, 3.05) is 6.54 Å². The molecule has 0 atom stereocenters. The van der Waals surface area contributed by atoms with Crippen LogP contribution in [0.1, 0.15) is 30.7 Å². The Bertz CT molecular complexity index is 981. The third kappa shape index (κ3) is 3.96. The van der Waals surface area contributed by atoms with Crippen molar-refractivity contribution in [1.82, 2.24) is 10.3 Å². The largest absolute Gasteiger partial charge is 0.441 e. The monoisotopic (exact) mass is 382 g/mol. The number of carbonyl (C=O) groups is 1. The van der Waals surface area contributed by atoms with Gasteiger partial charge in [-0.2, -0.15) is 0 Å². The molecule has 0 bridgehead atoms. The van der Waals surface area contributed by atoms with E-state index in [2.05, 4.69) is 22.4 Å². The lowest BCUT2D eigenvalue weighted by Crippen LogP contribution is -2.32. The van der Waals surface area contributed by atoms with Gasteiger partial charge in [0.15, 0.2) is 11.7 Å². The molecule has 0 unspecified atom stereocenters. The fourth-order valence-electron chi connectivity index (χ4n) is 3.33. The van der Waals surface area contributed by atoms with E-state index in [0.29, 0.717) is 18.9 Å². The van der Waals surface area contributed by atoms with Crippen LogP contribution in [0.4, 0.5) is 8.78 Å². The minimum absolute atomic E-state index is 0.0626. The van der Waals surface area contributed by atoms with E-state index in [4.69, 9.17) is 4.42 Å². The lowest BCUT2D eigenvalue weighted by molar-refractivity contribution is -0.121. The van der Waals surface area contributed by atoms with Gasteiger partial charge in [0.25, 0.3) is 0 Å². The minimum atomic E-state index is -0.712. The predicted molar refractivity (Wildman–Crippen MR) is 101 cm³/mol. The van der Waals surface area contributed by atoms with Gasteiger partial charge in [-0.05, 0) is 30.5 Å². The Labute approximate surface area is 161 Å². The van der Waals surface area contributed by atoms with Crippen molar-refractivity contribution in [2.24, 2.45) is 0 Å². The number of hydrogen-bond acceptors (Lipinski definition) is 3. The average molecular weight is 382 g/mol. The molecule has 4 rings (SSSR count). The Balaban J connectivity index is 1.30. The SMILES string of the molecule is O=C(CCc1ncc(-c2ccc(F)cc2F)o1)NCC1(c2ccccc2)CC1. The van der Waals surface area contributed by atoms with Gasteiger partial charge in [0, 0.05) is 30.9 Å². The first kappa shape index (κ1) is 18.3. The number of halogens is 2. The summed E-state index contributed by atoms with van der Waals surface area (Å²) >= 11 is 0. The van der Waals surface area contributed by atoms with Crippen molar-refractivity contribution in [3.8, 4) is 11.3 Å². The second kappa shape index (κ2) is 7.54. The molecular weight excluding hydrogens is 362 g/mol. The zero-order valence-electron chi connectivity index (χ0n) is 15.3. The van der Waals surface area contributed by atoms with E-state index in [9.17, 15) is 13.6 Å². The second-order valence-electron chi connectivity index (χ2n) is 7.17. The fraction of sp³-hybridized carbons (Fsp3) is 0.273. The number of nitrogens with one attached hydrogen (secondary N) is 1. The van der Waals surface area contributed by atoms with Crippen LogP contribution in [0.15, 0.2) is 59.1 Å². The van der Waals surface area contributed by atoms with Gasteiger partial charge in [-0.15, -0.1) is 0 Å². The zero-order chi connectivity index (χ0) is 19.6. The van der Waals surface area contributed by atoms with Gasteiger partial charge < -0.3 is 9.73 Å². The summed E-state index contributed by atoms with van der Waals surface area (Å²) in [7, 11) is 0. The lowest BCUT2D eigenvalue weighted by Gasteiger charge is -2.16. The molecular formula is C22H20F2N2O2. The number of hydrogen-bond donors (Lipinski definition) is 1. The maximum Gasteiger partial charge on any atom is 0.220 e. The summed E-state index contributed by atoms with van der Waals surface area (Å²) in [5.41, 5.74) is 1.46. The maximum atomic E-state index is 13.8. The highest BCUT2D eigenvalue weighted by Crippen LogP contribution is 2.47. The van der Waals surface area contributed by atoms with Crippen molar-refractivity contribution < 1.29 is 18.0 Å². The van der Waals surface area contributed by atoms with E-state index in [1.165, 1.54) is 17.8 Å². The Morgan fingerprint density at radius 1 is 1.14 bits per heavy atom. The number of carbonyl (C=O) groups excluding carboxylic acids is 1. The van der Waals surface area contributed by atoms with Crippen LogP contribution < -0.4 is 5.32 Å². The summed E-state index contributed by atoms with van der Waals surface area (Å²) in [6, 6.07) is 13.5. The van der Waals surface area contributed by atoms with Gasteiger partial charge in [0.05, 0.1) is 11.8 Å². The Morgan fingerprint density at radius 3 is 2.64 bits per heavy atom. The highest BCUT2D eigenvalue weighted by molar-refractivity contribution is 5.76. The van der Waals surface area contributed by atoms with Crippen molar-refractivity contribution in [3.63, 3.8) is 0 Å². The molecule has 1 N–H and O–H groups in total. The van der Waals surface area contributed by atoms with Gasteiger partial charge in [-0.1, -0.05) is 30.3 Å². The van der Waals surface area contributed by atoms with E-state index in [1.54, 1.807) is 0 Å². The third-order valence-corrected chi connectivity index (χ3v) is 5.18. The van der Waals surface area contributed by atoms with Crippen LogP contribution in [-0.2, 0) is 16.6 Å². The standard InChI is InChI=1S/C22H20F2N2O2/c23-16-6-7-17(18(24)12-16)19-13-25-21(28-19)9-8-20(27)26-14-22(10-11-22)15-4-2-1-3-5-15/h1-7,12-13H,8-11,14H2,(H,26,27). The normalized spacial score (nSPS) is 14.6. The summed E-state index contributed by atoms with van der Waals surface area (Å²) in [4.78, 5) is 16.3. The molecule has 0 radical (unpaired) electrons. The van der Waals surface area contributed by atoms with E-state index < -0.39 is 11.6 Å². The van der Waals surface area contributed by atoms with E-state index in [-0.39, 0.29) is 29.1 Å². The molecule has 1 amide bonds. The molecule has 1 saturated carbocycles. The van der Waals surface area contributed by atoms with Crippen LogP contribution in [0.5, 0.6) is 0 Å². The molecule has 3 aromatic rings. The number of aryl methyl sites for hydroxylation is 1. The average Bonchev–Trinajstić information content (AvgIpc) is 3.36. The lowest BCUT2D eigenvalue weighted by atomic mass is 9.96. The number of nitrogens with zero attached hydrogens (tertiary/aromatic N) is 1. The summed E-state index contributed by atoms with van der Waals surface area (Å²) in [5, 5.41) is 3.00. The Hall–Kier alpha value is -3.02. The third-order valence-electron chi connectivity index (χ3n) is 5.18. The van der Waals surface area contributed by atoms with E-state index in [0.717, 1.165) is 25.0 Å². The summed E-state index contributed by atoms with van der Waals surface area (Å²) in [6.45, 7) is 0.619. The van der Waals surface area contributed by atoms with Gasteiger partial charge in [0.1, 0.15) is 11.6 Å². The topological polar surface area (TPSA) is 55.1 Å². The summed E-state index contributed by atoms with van der Waals surface area (Å²) in [5.74, 6) is -0.875. The molecule has 4 nitrogen and oxygen atoms in total. The van der Waals surface area contributed by atoms with Crippen molar-refractivity contribution >= 4 is 5.91 Å². The van der Waals surface area contributed by atoms with Crippen molar-refractivity contribution in [1.29, 1.82) is 0 Å². The second-order valence-corrected chi connectivity index (χ2v) is 7.17. The maximum absolute atomic E-state index is 13.8.